The molecule has 132 valence electrons. The van der Waals surface area contributed by atoms with E-state index in [0.29, 0.717) is 27.8 Å². The summed E-state index contributed by atoms with van der Waals surface area (Å²) >= 11 is 11.5. The van der Waals surface area contributed by atoms with Crippen LogP contribution in [0.3, 0.4) is 0 Å². The van der Waals surface area contributed by atoms with Crippen molar-refractivity contribution in [3.63, 3.8) is 0 Å². The third kappa shape index (κ3) is 4.42. The van der Waals surface area contributed by atoms with Gasteiger partial charge in [-0.15, -0.1) is 0 Å². The fourth-order valence-electron chi connectivity index (χ4n) is 2.32. The first-order chi connectivity index (χ1) is 11.5. The lowest BCUT2D eigenvalue weighted by Crippen LogP contribution is -2.19. The van der Waals surface area contributed by atoms with Gasteiger partial charge in [0.1, 0.15) is 0 Å². The third-order valence-electron chi connectivity index (χ3n) is 3.31. The molecule has 0 amide bonds. The van der Waals surface area contributed by atoms with E-state index in [1.807, 2.05) is 19.9 Å². The maximum Gasteiger partial charge on any atom is 0.214 e. The summed E-state index contributed by atoms with van der Waals surface area (Å²) in [4.78, 5) is 0. The Balaban J connectivity index is 2.30. The first kappa shape index (κ1) is 18.6. The highest BCUT2D eigenvalue weighted by molar-refractivity contribution is 7.71. The Labute approximate surface area is 152 Å². The molecule has 2 N–H and O–H groups in total. The number of methoxy groups -OCH3 is 1. The number of nitrogens with one attached hydrogen (secondary N) is 2. The number of nitrogens with zero attached hydrogens (tertiary/aromatic N) is 2. The van der Waals surface area contributed by atoms with Crippen molar-refractivity contribution in [2.75, 3.05) is 12.5 Å². The Bertz CT molecular complexity index is 742. The highest BCUT2D eigenvalue weighted by atomic mass is 35.5. The smallest absolute Gasteiger partial charge is 0.214 e. The highest BCUT2D eigenvalue weighted by Crippen LogP contribution is 2.35. The van der Waals surface area contributed by atoms with Crippen LogP contribution in [0, 0.1) is 4.77 Å². The van der Waals surface area contributed by atoms with Crippen LogP contribution >= 0.6 is 23.8 Å². The van der Waals surface area contributed by atoms with E-state index in [-0.39, 0.29) is 6.10 Å². The van der Waals surface area contributed by atoms with Crippen molar-refractivity contribution in [2.45, 2.75) is 46.3 Å². The molecule has 0 unspecified atom stereocenters. The molecule has 1 aromatic heterocycles. The lowest BCUT2D eigenvalue weighted by atomic mass is 10.2. The molecule has 0 radical (unpaired) electrons. The van der Waals surface area contributed by atoms with Gasteiger partial charge in [0.15, 0.2) is 17.3 Å². The van der Waals surface area contributed by atoms with Crippen molar-refractivity contribution in [1.82, 2.24) is 14.9 Å². The van der Waals surface area contributed by atoms with Gasteiger partial charge in [-0.2, -0.15) is 5.10 Å². The zero-order chi connectivity index (χ0) is 17.7. The minimum absolute atomic E-state index is 0.0190. The minimum atomic E-state index is 0.0190. The number of aromatic amines is 1. The normalized spacial score (nSPS) is 10.9. The van der Waals surface area contributed by atoms with Crippen LogP contribution in [0.4, 0.5) is 0 Å². The largest absolute Gasteiger partial charge is 0.493 e. The van der Waals surface area contributed by atoms with Gasteiger partial charge in [0, 0.05) is 23.1 Å². The maximum absolute atomic E-state index is 6.20. The van der Waals surface area contributed by atoms with E-state index in [9.17, 15) is 0 Å². The maximum atomic E-state index is 6.20. The molecule has 0 atom stereocenters. The quantitative estimate of drug-likeness (QED) is 0.685. The Morgan fingerprint density at radius 1 is 1.42 bits per heavy atom. The first-order valence-electron chi connectivity index (χ1n) is 7.89. The number of benzene rings is 1. The predicted molar refractivity (Wildman–Crippen MR) is 98.2 cm³/mol. The fraction of sp³-hybridized carbons (Fsp3) is 0.500. The molecule has 24 heavy (non-hydrogen) atoms. The van der Waals surface area contributed by atoms with Crippen molar-refractivity contribution in [2.24, 2.45) is 0 Å². The summed E-state index contributed by atoms with van der Waals surface area (Å²) in [5.41, 5.74) is 4.17. The van der Waals surface area contributed by atoms with E-state index < -0.39 is 0 Å². The molecule has 0 aliphatic heterocycles. The fourth-order valence-corrected chi connectivity index (χ4v) is 2.77. The van der Waals surface area contributed by atoms with Gasteiger partial charge in [-0.05, 0) is 38.6 Å². The summed E-state index contributed by atoms with van der Waals surface area (Å²) in [5, 5.41) is 7.64. The Morgan fingerprint density at radius 2 is 2.17 bits per heavy atom. The Morgan fingerprint density at radius 3 is 2.79 bits per heavy atom. The monoisotopic (exact) mass is 370 g/mol. The molecule has 2 aromatic rings. The second-order valence-electron chi connectivity index (χ2n) is 5.63. The Kier molecular flexibility index (Phi) is 6.51. The number of hydrogen-bond donors (Lipinski definition) is 2. The molecule has 0 bridgehead atoms. The number of aryl methyl sites for hydroxylation is 1. The number of halogens is 1. The summed E-state index contributed by atoms with van der Waals surface area (Å²) in [6.45, 7) is 6.51. The number of rotatable bonds is 8. The summed E-state index contributed by atoms with van der Waals surface area (Å²) in [7, 11) is 1.60. The van der Waals surface area contributed by atoms with Crippen LogP contribution in [0.15, 0.2) is 12.1 Å². The van der Waals surface area contributed by atoms with Crippen LogP contribution in [-0.2, 0) is 13.0 Å². The second-order valence-corrected chi connectivity index (χ2v) is 6.45. The number of H-pyrrole nitrogens is 1. The Hall–Kier alpha value is -1.73. The van der Waals surface area contributed by atoms with Crippen molar-refractivity contribution < 1.29 is 9.47 Å². The van der Waals surface area contributed by atoms with Gasteiger partial charge in [0.05, 0.1) is 19.8 Å². The van der Waals surface area contributed by atoms with Crippen LogP contribution < -0.4 is 14.9 Å². The van der Waals surface area contributed by atoms with E-state index in [1.54, 1.807) is 17.9 Å². The van der Waals surface area contributed by atoms with Crippen LogP contribution in [-0.4, -0.2) is 28.1 Å². The lowest BCUT2D eigenvalue weighted by Gasteiger charge is -2.19. The van der Waals surface area contributed by atoms with Gasteiger partial charge in [-0.25, -0.2) is 4.68 Å². The van der Waals surface area contributed by atoms with Gasteiger partial charge in [-0.1, -0.05) is 18.5 Å². The van der Waals surface area contributed by atoms with Gasteiger partial charge < -0.3 is 14.9 Å². The average Bonchev–Trinajstić information content (AvgIpc) is 2.87. The van der Waals surface area contributed by atoms with Gasteiger partial charge in [-0.3, -0.25) is 5.10 Å². The summed E-state index contributed by atoms with van der Waals surface area (Å²) < 4.78 is 13.6. The molecular formula is C16H23ClN4O2S. The van der Waals surface area contributed by atoms with E-state index >= 15 is 0 Å². The second kappa shape index (κ2) is 8.39. The molecular weight excluding hydrogens is 348 g/mol. The van der Waals surface area contributed by atoms with Crippen molar-refractivity contribution in [3.8, 4) is 11.5 Å². The van der Waals surface area contributed by atoms with Crippen LogP contribution in [0.1, 0.15) is 38.6 Å². The van der Waals surface area contributed by atoms with Crippen LogP contribution in [0.5, 0.6) is 11.5 Å². The number of ether oxygens (including phenoxy) is 2. The standard InChI is InChI=1S/C16H23ClN4O2S/c1-5-6-14-19-20-16(24)21(14)18-9-11-7-12(17)8-13(22-4)15(11)23-10(2)3/h7-8,10,18H,5-6,9H2,1-4H3,(H,20,24). The predicted octanol–water partition coefficient (Wildman–Crippen LogP) is 4.09. The molecule has 2 rings (SSSR count). The van der Waals surface area contributed by atoms with Crippen molar-refractivity contribution in [3.05, 3.63) is 33.3 Å². The molecule has 0 spiro atoms. The molecule has 0 saturated heterocycles. The van der Waals surface area contributed by atoms with Crippen LogP contribution in [0.2, 0.25) is 5.02 Å². The topological polar surface area (TPSA) is 64.1 Å². The average molecular weight is 371 g/mol. The first-order valence-corrected chi connectivity index (χ1v) is 8.68. The van der Waals surface area contributed by atoms with E-state index in [2.05, 4.69) is 22.5 Å². The molecule has 0 saturated carbocycles. The van der Waals surface area contributed by atoms with E-state index in [4.69, 9.17) is 33.3 Å². The highest BCUT2D eigenvalue weighted by Gasteiger charge is 2.15. The van der Waals surface area contributed by atoms with Gasteiger partial charge in [0.2, 0.25) is 4.77 Å². The summed E-state index contributed by atoms with van der Waals surface area (Å²) in [6.07, 6.45) is 1.83. The number of hydrogen-bond acceptors (Lipinski definition) is 5. The third-order valence-corrected chi connectivity index (χ3v) is 3.81. The number of aromatic nitrogens is 3. The zero-order valence-electron chi connectivity index (χ0n) is 14.4. The van der Waals surface area contributed by atoms with Crippen molar-refractivity contribution in [1.29, 1.82) is 0 Å². The van der Waals surface area contributed by atoms with Gasteiger partial charge >= 0.3 is 0 Å². The van der Waals surface area contributed by atoms with E-state index in [0.717, 1.165) is 24.2 Å². The molecule has 6 nitrogen and oxygen atoms in total. The molecule has 8 heteroatoms. The molecule has 1 heterocycles. The SMILES string of the molecule is CCCc1n[nH]c(=S)n1NCc1cc(Cl)cc(OC)c1OC(C)C. The lowest BCUT2D eigenvalue weighted by molar-refractivity contribution is 0.227. The molecule has 0 aliphatic rings. The minimum Gasteiger partial charge on any atom is -0.493 e. The zero-order valence-corrected chi connectivity index (χ0v) is 15.9. The summed E-state index contributed by atoms with van der Waals surface area (Å²) in [5.74, 6) is 2.15. The molecule has 0 fully saturated rings. The van der Waals surface area contributed by atoms with Gasteiger partial charge in [0.25, 0.3) is 0 Å². The molecule has 1 aromatic carbocycles. The summed E-state index contributed by atoms with van der Waals surface area (Å²) in [6, 6.07) is 3.60. The molecule has 0 aliphatic carbocycles. The van der Waals surface area contributed by atoms with Crippen LogP contribution in [0.25, 0.3) is 0 Å². The van der Waals surface area contributed by atoms with E-state index in [1.165, 1.54) is 0 Å². The van der Waals surface area contributed by atoms with Crippen molar-refractivity contribution >= 4 is 23.8 Å².